The number of hydrogen-bond acceptors (Lipinski definition) is 6. The van der Waals surface area contributed by atoms with E-state index in [1.165, 1.54) is 6.33 Å². The minimum atomic E-state index is 0.458. The molecule has 2 aromatic rings. The molecule has 19 heavy (non-hydrogen) atoms. The summed E-state index contributed by atoms with van der Waals surface area (Å²) in [6.45, 7) is 0.576. The number of rotatable bonds is 5. The van der Waals surface area contributed by atoms with Crippen LogP contribution in [0.5, 0.6) is 5.75 Å². The predicted octanol–water partition coefficient (Wildman–Crippen LogP) is 1.99. The van der Waals surface area contributed by atoms with E-state index in [1.807, 2.05) is 30.5 Å². The summed E-state index contributed by atoms with van der Waals surface area (Å²) in [6, 6.07) is 9.41. The molecule has 1 heterocycles. The summed E-state index contributed by atoms with van der Waals surface area (Å²) in [6.07, 6.45) is 3.21. The van der Waals surface area contributed by atoms with Crippen LogP contribution in [0.15, 0.2) is 36.7 Å². The molecular formula is C13H13N5O. The lowest BCUT2D eigenvalue weighted by molar-refractivity contribution is 0.410. The van der Waals surface area contributed by atoms with Gasteiger partial charge in [-0.1, -0.05) is 18.2 Å². The summed E-state index contributed by atoms with van der Waals surface area (Å²) in [4.78, 5) is 7.99. The monoisotopic (exact) mass is 255 g/mol. The Morgan fingerprint density at radius 3 is 2.84 bits per heavy atom. The Labute approximate surface area is 111 Å². The third-order valence-electron chi connectivity index (χ3n) is 2.50. The molecule has 0 saturated heterocycles. The number of hydrogen-bond donors (Lipinski definition) is 2. The topological polar surface area (TPSA) is 82.9 Å². The Morgan fingerprint density at radius 2 is 2.05 bits per heavy atom. The maximum absolute atomic E-state index is 8.53. The molecule has 0 amide bonds. The van der Waals surface area contributed by atoms with Gasteiger partial charge in [0, 0.05) is 18.2 Å². The molecule has 0 unspecified atom stereocenters. The third-order valence-corrected chi connectivity index (χ3v) is 2.50. The molecule has 96 valence electrons. The number of nitrogens with one attached hydrogen (secondary N) is 2. The molecule has 6 heteroatoms. The molecule has 0 aliphatic carbocycles. The van der Waals surface area contributed by atoms with Crippen molar-refractivity contribution in [3.8, 4) is 11.9 Å². The van der Waals surface area contributed by atoms with E-state index in [1.54, 1.807) is 13.2 Å². The van der Waals surface area contributed by atoms with Crippen molar-refractivity contribution in [2.24, 2.45) is 0 Å². The number of aromatic nitrogens is 2. The molecule has 0 aliphatic rings. The number of anilines is 2. The van der Waals surface area contributed by atoms with Crippen LogP contribution < -0.4 is 15.4 Å². The van der Waals surface area contributed by atoms with Gasteiger partial charge in [0.2, 0.25) is 0 Å². The normalized spacial score (nSPS) is 9.47. The largest absolute Gasteiger partial charge is 0.496 e. The van der Waals surface area contributed by atoms with Gasteiger partial charge in [-0.3, -0.25) is 5.32 Å². The molecule has 1 aromatic carbocycles. The van der Waals surface area contributed by atoms with Crippen LogP contribution in [0.2, 0.25) is 0 Å². The van der Waals surface area contributed by atoms with Crippen LogP contribution in [0.1, 0.15) is 5.56 Å². The summed E-state index contributed by atoms with van der Waals surface area (Å²) in [5.74, 6) is 1.91. The van der Waals surface area contributed by atoms with E-state index in [0.717, 1.165) is 11.3 Å². The first-order chi connectivity index (χ1) is 9.33. The molecular weight excluding hydrogens is 242 g/mol. The predicted molar refractivity (Wildman–Crippen MR) is 71.6 cm³/mol. The van der Waals surface area contributed by atoms with Crippen LogP contribution in [-0.2, 0) is 6.54 Å². The van der Waals surface area contributed by atoms with E-state index in [0.29, 0.717) is 18.2 Å². The Kier molecular flexibility index (Phi) is 4.13. The van der Waals surface area contributed by atoms with Gasteiger partial charge in [0.1, 0.15) is 23.7 Å². The van der Waals surface area contributed by atoms with Gasteiger partial charge in [0.25, 0.3) is 0 Å². The smallest absolute Gasteiger partial charge is 0.182 e. The lowest BCUT2D eigenvalue weighted by atomic mass is 10.2. The van der Waals surface area contributed by atoms with Gasteiger partial charge in [-0.2, -0.15) is 5.26 Å². The van der Waals surface area contributed by atoms with Crippen molar-refractivity contribution in [3.05, 3.63) is 42.2 Å². The van der Waals surface area contributed by atoms with Crippen LogP contribution in [0.25, 0.3) is 0 Å². The summed E-state index contributed by atoms with van der Waals surface area (Å²) in [5, 5.41) is 14.1. The van der Waals surface area contributed by atoms with Crippen LogP contribution in [0, 0.1) is 11.5 Å². The molecule has 0 spiro atoms. The number of nitriles is 1. The second-order valence-corrected chi connectivity index (χ2v) is 3.69. The van der Waals surface area contributed by atoms with Gasteiger partial charge in [0.15, 0.2) is 6.19 Å². The zero-order chi connectivity index (χ0) is 13.5. The van der Waals surface area contributed by atoms with E-state index in [2.05, 4.69) is 20.6 Å². The molecule has 0 radical (unpaired) electrons. The molecule has 0 bridgehead atoms. The SMILES string of the molecule is COc1ccccc1CNc1cc(NC#N)ncn1. The number of benzene rings is 1. The first-order valence-corrected chi connectivity index (χ1v) is 5.66. The summed E-state index contributed by atoms with van der Waals surface area (Å²) in [7, 11) is 1.64. The van der Waals surface area contributed by atoms with Crippen LogP contribution in [0.3, 0.4) is 0 Å². The lowest BCUT2D eigenvalue weighted by Crippen LogP contribution is -2.04. The molecule has 0 fully saturated rings. The zero-order valence-electron chi connectivity index (χ0n) is 10.4. The maximum atomic E-state index is 8.53. The highest BCUT2D eigenvalue weighted by molar-refractivity contribution is 5.49. The van der Waals surface area contributed by atoms with Crippen molar-refractivity contribution in [2.45, 2.75) is 6.54 Å². The maximum Gasteiger partial charge on any atom is 0.182 e. The molecule has 2 N–H and O–H groups in total. The average Bonchev–Trinajstić information content (AvgIpc) is 2.46. The quantitative estimate of drug-likeness (QED) is 0.628. The Morgan fingerprint density at radius 1 is 1.26 bits per heavy atom. The van der Waals surface area contributed by atoms with E-state index in [9.17, 15) is 0 Å². The number of methoxy groups -OCH3 is 1. The minimum Gasteiger partial charge on any atom is -0.496 e. The van der Waals surface area contributed by atoms with Crippen molar-refractivity contribution >= 4 is 11.6 Å². The van der Waals surface area contributed by atoms with E-state index in [-0.39, 0.29) is 0 Å². The van der Waals surface area contributed by atoms with Crippen molar-refractivity contribution in [1.29, 1.82) is 5.26 Å². The molecule has 2 rings (SSSR count). The molecule has 6 nitrogen and oxygen atoms in total. The van der Waals surface area contributed by atoms with Crippen molar-refractivity contribution in [3.63, 3.8) is 0 Å². The van der Waals surface area contributed by atoms with Gasteiger partial charge in [-0.05, 0) is 6.07 Å². The van der Waals surface area contributed by atoms with E-state index < -0.39 is 0 Å². The summed E-state index contributed by atoms with van der Waals surface area (Å²) in [5.41, 5.74) is 1.03. The van der Waals surface area contributed by atoms with Gasteiger partial charge in [-0.15, -0.1) is 0 Å². The minimum absolute atomic E-state index is 0.458. The van der Waals surface area contributed by atoms with Crippen LogP contribution in [0.4, 0.5) is 11.6 Å². The average molecular weight is 255 g/mol. The first-order valence-electron chi connectivity index (χ1n) is 5.66. The molecule has 1 aromatic heterocycles. The second kappa shape index (κ2) is 6.21. The zero-order valence-corrected chi connectivity index (χ0v) is 10.4. The second-order valence-electron chi connectivity index (χ2n) is 3.69. The Hall–Kier alpha value is -2.81. The number of para-hydroxylation sites is 1. The fourth-order valence-electron chi connectivity index (χ4n) is 1.61. The molecule has 0 atom stereocenters. The molecule has 0 saturated carbocycles. The summed E-state index contributed by atoms with van der Waals surface area (Å²) >= 11 is 0. The van der Waals surface area contributed by atoms with Crippen molar-refractivity contribution < 1.29 is 4.74 Å². The Bertz CT molecular complexity index is 594. The van der Waals surface area contributed by atoms with Gasteiger partial charge in [0.05, 0.1) is 7.11 Å². The first kappa shape index (κ1) is 12.6. The molecule has 0 aliphatic heterocycles. The standard InChI is InChI=1S/C13H13N5O/c1-19-11-5-3-2-4-10(11)7-15-12-6-13(16-8-14)18-9-17-12/h2-6,9H,7H2,1H3,(H2,15,16,17,18). The van der Waals surface area contributed by atoms with Crippen LogP contribution >= 0.6 is 0 Å². The van der Waals surface area contributed by atoms with Gasteiger partial charge < -0.3 is 10.1 Å². The van der Waals surface area contributed by atoms with Crippen molar-refractivity contribution in [2.75, 3.05) is 17.7 Å². The van der Waals surface area contributed by atoms with Gasteiger partial charge in [-0.25, -0.2) is 9.97 Å². The highest BCUT2D eigenvalue weighted by Gasteiger charge is 2.02. The fourth-order valence-corrected chi connectivity index (χ4v) is 1.61. The lowest BCUT2D eigenvalue weighted by Gasteiger charge is -2.10. The highest BCUT2D eigenvalue weighted by Crippen LogP contribution is 2.18. The number of nitrogens with zero attached hydrogens (tertiary/aromatic N) is 3. The van der Waals surface area contributed by atoms with Gasteiger partial charge >= 0.3 is 0 Å². The highest BCUT2D eigenvalue weighted by atomic mass is 16.5. The van der Waals surface area contributed by atoms with E-state index >= 15 is 0 Å². The Balaban J connectivity index is 2.06. The van der Waals surface area contributed by atoms with E-state index in [4.69, 9.17) is 10.00 Å². The number of ether oxygens (including phenoxy) is 1. The third kappa shape index (κ3) is 3.33. The fraction of sp³-hybridized carbons (Fsp3) is 0.154. The summed E-state index contributed by atoms with van der Waals surface area (Å²) < 4.78 is 5.27. The van der Waals surface area contributed by atoms with Crippen molar-refractivity contribution in [1.82, 2.24) is 9.97 Å². The van der Waals surface area contributed by atoms with Crippen LogP contribution in [-0.4, -0.2) is 17.1 Å².